The molecule has 2 aliphatic rings. The molecule has 2 bridgehead atoms. The summed E-state index contributed by atoms with van der Waals surface area (Å²) in [4.78, 5) is 118. The van der Waals surface area contributed by atoms with Gasteiger partial charge in [-0.25, -0.2) is 0 Å². The fourth-order valence-electron chi connectivity index (χ4n) is 9.52. The highest BCUT2D eigenvalue weighted by Gasteiger charge is 2.40. The Balaban J connectivity index is 1.27. The summed E-state index contributed by atoms with van der Waals surface area (Å²) >= 11 is 9.06. The van der Waals surface area contributed by atoms with Crippen molar-refractivity contribution in [1.29, 1.82) is 0 Å². The minimum atomic E-state index is -1.13. The van der Waals surface area contributed by atoms with Gasteiger partial charge in [0.05, 0.1) is 36.7 Å². The number of aromatic nitrogens is 2. The Kier molecular flexibility index (Phi) is 27.0. The second kappa shape index (κ2) is 33.0. The fraction of sp³-hybridized carbons (Fsp3) is 0.625. The van der Waals surface area contributed by atoms with Gasteiger partial charge in [0.2, 0.25) is 47.3 Å². The summed E-state index contributed by atoms with van der Waals surface area (Å²) in [7, 11) is 1.49. The maximum atomic E-state index is 14.4. The number of likely N-dealkylation sites (tertiary alicyclic amines) is 1. The molecule has 448 valence electrons. The van der Waals surface area contributed by atoms with Crippen LogP contribution < -0.4 is 43.0 Å². The molecule has 22 nitrogen and oxygen atoms in total. The van der Waals surface area contributed by atoms with E-state index in [2.05, 4.69) is 42.2 Å². The standard InChI is InChI=1S/C56H84ClN11O11S2/c1-9-33(6)49-55(77)65-44(50(58)72)29-80-27-37-11-10-12-38(62-37)28-81-30-45(56(78-8)59-18-20-79-19-17-47(70)63-42(21-31(2)3)53(75)67-49)66-52(74)43(22-32(4)5)64-51(73)34(7)61-54(76)46-24-39(69)26-68(46)48(71)16-13-35-25-60-41-15-14-36(57)23-40(35)41/h10-12,14-15,23,25,31-34,39,42-46,49,56,59-60,69H,9,13,16-22,24,26-30H2,1-8H3,(H2,58,72)(H,61,76)(H,63,70)(H,64,73)(H,65,77)(H,66,74)(H,67,75)/t33-,34-,39+,42-,43+,44-,45-,46-,49-,56?/m0/s1. The van der Waals surface area contributed by atoms with Gasteiger partial charge in [-0.05, 0) is 79.8 Å². The van der Waals surface area contributed by atoms with Gasteiger partial charge in [-0.3, -0.25) is 48.7 Å². The van der Waals surface area contributed by atoms with E-state index in [0.717, 1.165) is 22.2 Å². The molecule has 1 unspecified atom stereocenters. The summed E-state index contributed by atoms with van der Waals surface area (Å²) in [6.45, 7) is 13.2. The average molecular weight is 1190 g/mol. The van der Waals surface area contributed by atoms with Gasteiger partial charge < -0.3 is 62.1 Å². The van der Waals surface area contributed by atoms with Crippen molar-refractivity contribution in [2.24, 2.45) is 23.5 Å². The smallest absolute Gasteiger partial charge is 0.243 e. The van der Waals surface area contributed by atoms with E-state index < -0.39 is 96.0 Å². The molecule has 25 heteroatoms. The number of benzene rings is 1. The number of primary amides is 1. The average Bonchev–Trinajstić information content (AvgIpc) is 4.02. The molecule has 1 saturated heterocycles. The first kappa shape index (κ1) is 66.3. The zero-order chi connectivity index (χ0) is 59.3. The van der Waals surface area contributed by atoms with Crippen LogP contribution in [0.4, 0.5) is 0 Å². The number of β-amino-alcohol motifs (C(OH)–C–C–N with tert-alkyl or cyclic N) is 1. The van der Waals surface area contributed by atoms with E-state index in [1.807, 2.05) is 78.1 Å². The van der Waals surface area contributed by atoms with E-state index in [1.165, 1.54) is 42.5 Å². The second-order valence-electron chi connectivity index (χ2n) is 21.7. The lowest BCUT2D eigenvalue weighted by molar-refractivity contribution is -0.139. The molecular weight excluding hydrogens is 1100 g/mol. The Morgan fingerprint density at radius 2 is 1.64 bits per heavy atom. The van der Waals surface area contributed by atoms with Gasteiger partial charge in [0.15, 0.2) is 0 Å². The summed E-state index contributed by atoms with van der Waals surface area (Å²) in [6.07, 6.45) is 1.56. The number of aliphatic hydroxyl groups excluding tert-OH is 1. The number of fused-ring (bicyclic) bond motifs is 3. The lowest BCUT2D eigenvalue weighted by Crippen LogP contribution is -2.59. The van der Waals surface area contributed by atoms with Crippen LogP contribution in [0.1, 0.15) is 104 Å². The van der Waals surface area contributed by atoms with Crippen molar-refractivity contribution in [3.05, 3.63) is 64.6 Å². The van der Waals surface area contributed by atoms with Gasteiger partial charge in [0.1, 0.15) is 42.5 Å². The van der Waals surface area contributed by atoms with E-state index in [4.69, 9.17) is 31.8 Å². The number of methoxy groups -OCH3 is 1. The topological polar surface area (TPSA) is 317 Å². The Bertz CT molecular complexity index is 2610. The summed E-state index contributed by atoms with van der Waals surface area (Å²) in [5.41, 5.74) is 8.99. The molecule has 81 heavy (non-hydrogen) atoms. The predicted molar refractivity (Wildman–Crippen MR) is 313 cm³/mol. The number of hydrogen-bond acceptors (Lipinski definition) is 15. The minimum Gasteiger partial charge on any atom is -0.391 e. The Hall–Kier alpha value is -5.50. The van der Waals surface area contributed by atoms with Crippen LogP contribution >= 0.6 is 35.1 Å². The normalized spacial score (nSPS) is 23.6. The maximum Gasteiger partial charge on any atom is 0.243 e. The van der Waals surface area contributed by atoms with Gasteiger partial charge in [-0.2, -0.15) is 23.5 Å². The number of ether oxygens (including phenoxy) is 2. The van der Waals surface area contributed by atoms with Crippen LogP contribution in [-0.2, 0) is 65.8 Å². The number of thioether (sulfide) groups is 2. The van der Waals surface area contributed by atoms with Crippen molar-refractivity contribution in [2.45, 2.75) is 160 Å². The third-order valence-corrected chi connectivity index (χ3v) is 16.5. The molecule has 1 fully saturated rings. The van der Waals surface area contributed by atoms with Crippen molar-refractivity contribution >= 4 is 93.3 Å². The number of aromatic amines is 1. The van der Waals surface area contributed by atoms with Gasteiger partial charge >= 0.3 is 0 Å². The van der Waals surface area contributed by atoms with Crippen LogP contribution in [-0.4, -0.2) is 167 Å². The number of aliphatic hydroxyl groups is 1. The molecule has 2 aliphatic heterocycles. The largest absolute Gasteiger partial charge is 0.391 e. The van der Waals surface area contributed by atoms with E-state index in [9.17, 15) is 43.5 Å². The number of nitrogens with two attached hydrogens (primary N) is 1. The van der Waals surface area contributed by atoms with Crippen molar-refractivity contribution < 1.29 is 52.9 Å². The van der Waals surface area contributed by atoms with Crippen LogP contribution in [0.25, 0.3) is 10.9 Å². The number of nitrogens with zero attached hydrogens (tertiary/aromatic N) is 2. The van der Waals surface area contributed by atoms with Crippen LogP contribution in [0.3, 0.4) is 0 Å². The zero-order valence-electron chi connectivity index (χ0n) is 47.8. The number of aryl methyl sites for hydroxylation is 1. The molecule has 0 radical (unpaired) electrons. The highest BCUT2D eigenvalue weighted by Crippen LogP contribution is 2.26. The number of rotatable bonds is 17. The van der Waals surface area contributed by atoms with Crippen molar-refractivity contribution in [3.8, 4) is 0 Å². The second-order valence-corrected chi connectivity index (χ2v) is 24.2. The number of nitrogens with one attached hydrogen (secondary N) is 8. The van der Waals surface area contributed by atoms with E-state index in [-0.39, 0.29) is 81.4 Å². The predicted octanol–water partition coefficient (Wildman–Crippen LogP) is 2.81. The van der Waals surface area contributed by atoms with Crippen LogP contribution in [0.5, 0.6) is 0 Å². The van der Waals surface area contributed by atoms with Crippen molar-refractivity contribution in [3.63, 3.8) is 0 Å². The molecule has 10 atom stereocenters. The molecule has 2 aromatic heterocycles. The van der Waals surface area contributed by atoms with Crippen LogP contribution in [0.2, 0.25) is 5.02 Å². The molecule has 0 saturated carbocycles. The van der Waals surface area contributed by atoms with Gasteiger partial charge in [-0.1, -0.05) is 65.6 Å². The molecule has 8 amide bonds. The first-order valence-electron chi connectivity index (χ1n) is 27.8. The molecule has 11 N–H and O–H groups in total. The molecule has 3 aromatic rings. The summed E-state index contributed by atoms with van der Waals surface area (Å²) < 4.78 is 11.8. The third kappa shape index (κ3) is 21.0. The number of halogens is 1. The third-order valence-electron chi connectivity index (χ3n) is 14.1. The minimum absolute atomic E-state index is 0.00889. The molecule has 1 aromatic carbocycles. The van der Waals surface area contributed by atoms with E-state index >= 15 is 0 Å². The molecule has 5 rings (SSSR count). The number of pyridine rings is 1. The first-order chi connectivity index (χ1) is 38.6. The summed E-state index contributed by atoms with van der Waals surface area (Å²) in [5, 5.41) is 32.4. The van der Waals surface area contributed by atoms with Gasteiger partial charge in [-0.15, -0.1) is 0 Å². The van der Waals surface area contributed by atoms with Gasteiger partial charge in [0.25, 0.3) is 0 Å². The molecule has 0 spiro atoms. The Morgan fingerprint density at radius 1 is 0.926 bits per heavy atom. The molecular formula is C56H84ClN11O11S2. The Labute approximate surface area is 488 Å². The van der Waals surface area contributed by atoms with Crippen molar-refractivity contribution in [1.82, 2.24) is 52.1 Å². The summed E-state index contributed by atoms with van der Waals surface area (Å²) in [5.74, 6) is -3.44. The lowest BCUT2D eigenvalue weighted by atomic mass is 9.96. The van der Waals surface area contributed by atoms with Crippen molar-refractivity contribution in [2.75, 3.05) is 44.9 Å². The maximum absolute atomic E-state index is 14.4. The number of carbonyl (C=O) groups is 8. The monoisotopic (exact) mass is 1190 g/mol. The van der Waals surface area contributed by atoms with Crippen LogP contribution in [0.15, 0.2) is 42.6 Å². The Morgan fingerprint density at radius 3 is 2.31 bits per heavy atom. The van der Waals surface area contributed by atoms with E-state index in [0.29, 0.717) is 47.2 Å². The number of amides is 8. The number of carbonyl (C=O) groups excluding carboxylic acids is 8. The zero-order valence-corrected chi connectivity index (χ0v) is 50.2. The van der Waals surface area contributed by atoms with E-state index in [1.54, 1.807) is 6.07 Å². The molecule has 4 heterocycles. The first-order valence-corrected chi connectivity index (χ1v) is 30.5. The summed E-state index contributed by atoms with van der Waals surface area (Å²) in [6, 6.07) is 4.15. The highest BCUT2D eigenvalue weighted by molar-refractivity contribution is 7.98. The van der Waals surface area contributed by atoms with Gasteiger partial charge in [0, 0.05) is 84.6 Å². The lowest BCUT2D eigenvalue weighted by Gasteiger charge is -2.30. The SMILES string of the molecule is CC[C@H](C)[C@@H]1NC(=O)[C@H](CC(C)C)NC(=O)CCOCCNC(OC)[C@@H](NC(=O)[C@@H](CC(C)C)NC(=O)[C@H](C)NC(=O)[C@@H]2C[C@@H](O)CN2C(=O)CCc2c[nH]c3ccc(Cl)cc23)CSCc2cccc(n2)CSC[C@@H](C(N)=O)NC1=O. The fourth-order valence-corrected chi connectivity index (χ4v) is 11.7. The number of H-pyrrole nitrogens is 1. The van der Waals surface area contributed by atoms with Crippen LogP contribution in [0, 0.1) is 17.8 Å². The molecule has 0 aliphatic carbocycles. The number of hydrogen-bond donors (Lipinski definition) is 10. The highest BCUT2D eigenvalue weighted by atomic mass is 35.5. The quantitative estimate of drug-likeness (QED) is 0.0930.